The molecule has 2 N–H and O–H groups in total. The van der Waals surface area contributed by atoms with Gasteiger partial charge in [-0.05, 0) is 11.8 Å². The SMILES string of the molecule is CCCCCCCCCCCCCCCC[C@H](CC(=O)O)C(=O)N(CC(C)(C)C)C(=O)NC. The van der Waals surface area contributed by atoms with Gasteiger partial charge in [0.25, 0.3) is 0 Å². The summed E-state index contributed by atoms with van der Waals surface area (Å²) in [6.45, 7) is 8.38. The van der Waals surface area contributed by atoms with Crippen molar-refractivity contribution >= 4 is 17.9 Å². The first-order valence-corrected chi connectivity index (χ1v) is 13.4. The summed E-state index contributed by atoms with van der Waals surface area (Å²) in [5, 5.41) is 11.8. The number of hydrogen-bond acceptors (Lipinski definition) is 3. The molecule has 0 aliphatic heterocycles. The average Bonchev–Trinajstić information content (AvgIpc) is 2.75. The lowest BCUT2D eigenvalue weighted by Crippen LogP contribution is -2.49. The Morgan fingerprint density at radius 3 is 1.58 bits per heavy atom. The number of imide groups is 1. The maximum Gasteiger partial charge on any atom is 0.323 e. The second-order valence-corrected chi connectivity index (χ2v) is 10.7. The Morgan fingerprint density at radius 1 is 0.788 bits per heavy atom. The zero-order chi connectivity index (χ0) is 25.1. The van der Waals surface area contributed by atoms with Gasteiger partial charge in [-0.3, -0.25) is 14.5 Å². The molecule has 0 saturated heterocycles. The van der Waals surface area contributed by atoms with Crippen LogP contribution in [-0.4, -0.2) is 41.5 Å². The van der Waals surface area contributed by atoms with E-state index in [2.05, 4.69) is 12.2 Å². The lowest BCUT2D eigenvalue weighted by atomic mass is 9.92. The summed E-state index contributed by atoms with van der Waals surface area (Å²) >= 11 is 0. The fourth-order valence-corrected chi connectivity index (χ4v) is 4.19. The van der Waals surface area contributed by atoms with Crippen LogP contribution in [0.15, 0.2) is 0 Å². The first-order chi connectivity index (χ1) is 15.6. The van der Waals surface area contributed by atoms with Crippen molar-refractivity contribution < 1.29 is 19.5 Å². The Hall–Kier alpha value is -1.59. The van der Waals surface area contributed by atoms with E-state index in [1.807, 2.05) is 20.8 Å². The van der Waals surface area contributed by atoms with E-state index >= 15 is 0 Å². The van der Waals surface area contributed by atoms with Crippen LogP contribution < -0.4 is 5.32 Å². The Labute approximate surface area is 203 Å². The third-order valence-electron chi connectivity index (χ3n) is 6.03. The largest absolute Gasteiger partial charge is 0.481 e. The van der Waals surface area contributed by atoms with Crippen LogP contribution in [0, 0.1) is 11.3 Å². The van der Waals surface area contributed by atoms with Crippen molar-refractivity contribution in [1.29, 1.82) is 0 Å². The highest BCUT2D eigenvalue weighted by atomic mass is 16.4. The molecular weight excluding hydrogens is 416 g/mol. The molecule has 6 nitrogen and oxygen atoms in total. The minimum absolute atomic E-state index is 0.227. The van der Waals surface area contributed by atoms with Gasteiger partial charge in [0.15, 0.2) is 0 Å². The van der Waals surface area contributed by atoms with E-state index in [-0.39, 0.29) is 24.3 Å². The van der Waals surface area contributed by atoms with Crippen LogP contribution in [-0.2, 0) is 9.59 Å². The summed E-state index contributed by atoms with van der Waals surface area (Å²) in [6, 6.07) is -0.466. The number of carboxylic acid groups (broad SMARTS) is 1. The quantitative estimate of drug-likeness (QED) is 0.197. The third-order valence-corrected chi connectivity index (χ3v) is 6.03. The fourth-order valence-electron chi connectivity index (χ4n) is 4.19. The van der Waals surface area contributed by atoms with Gasteiger partial charge in [-0.1, -0.05) is 118 Å². The number of urea groups is 1. The number of aliphatic carboxylic acids is 1. The van der Waals surface area contributed by atoms with E-state index in [9.17, 15) is 19.5 Å². The molecule has 0 aromatic carbocycles. The number of amides is 3. The zero-order valence-electron chi connectivity index (χ0n) is 22.2. The predicted molar refractivity (Wildman–Crippen MR) is 136 cm³/mol. The van der Waals surface area contributed by atoms with Crippen molar-refractivity contribution in [3.05, 3.63) is 0 Å². The van der Waals surface area contributed by atoms with Crippen molar-refractivity contribution in [3.63, 3.8) is 0 Å². The Kier molecular flexibility index (Phi) is 17.9. The predicted octanol–water partition coefficient (Wildman–Crippen LogP) is 7.16. The molecule has 194 valence electrons. The first kappa shape index (κ1) is 31.4. The van der Waals surface area contributed by atoms with E-state index in [4.69, 9.17) is 0 Å². The topological polar surface area (TPSA) is 86.7 Å². The second-order valence-electron chi connectivity index (χ2n) is 10.7. The molecule has 0 saturated carbocycles. The smallest absolute Gasteiger partial charge is 0.323 e. The lowest BCUT2D eigenvalue weighted by molar-refractivity contribution is -0.144. The average molecular weight is 469 g/mol. The van der Waals surface area contributed by atoms with Crippen LogP contribution in [0.4, 0.5) is 4.79 Å². The molecule has 0 fully saturated rings. The van der Waals surface area contributed by atoms with E-state index < -0.39 is 17.9 Å². The highest BCUT2D eigenvalue weighted by Gasteiger charge is 2.32. The van der Waals surface area contributed by atoms with Crippen molar-refractivity contribution in [3.8, 4) is 0 Å². The molecule has 33 heavy (non-hydrogen) atoms. The highest BCUT2D eigenvalue weighted by molar-refractivity contribution is 5.96. The molecule has 0 heterocycles. The molecule has 0 rings (SSSR count). The maximum absolute atomic E-state index is 13.0. The standard InChI is InChI=1S/C27H52N2O4/c1-6-7-8-9-10-11-12-13-14-15-16-17-18-19-20-23(21-24(30)31)25(32)29(26(33)28-5)22-27(2,3)4/h23H,6-22H2,1-5H3,(H,28,33)(H,30,31)/t23-/m1/s1. The van der Waals surface area contributed by atoms with Crippen molar-refractivity contribution in [2.45, 2.75) is 130 Å². The van der Waals surface area contributed by atoms with Crippen LogP contribution in [0.3, 0.4) is 0 Å². The number of unbranched alkanes of at least 4 members (excludes halogenated alkanes) is 13. The molecule has 0 aromatic heterocycles. The van der Waals surface area contributed by atoms with Gasteiger partial charge < -0.3 is 10.4 Å². The van der Waals surface area contributed by atoms with Gasteiger partial charge in [-0.2, -0.15) is 0 Å². The van der Waals surface area contributed by atoms with Crippen LogP contribution in [0.25, 0.3) is 0 Å². The molecule has 0 bridgehead atoms. The molecule has 0 unspecified atom stereocenters. The Balaban J connectivity index is 4.22. The molecule has 6 heteroatoms. The molecule has 0 spiro atoms. The van der Waals surface area contributed by atoms with E-state index in [0.717, 1.165) is 19.3 Å². The highest BCUT2D eigenvalue weighted by Crippen LogP contribution is 2.22. The van der Waals surface area contributed by atoms with Crippen molar-refractivity contribution in [1.82, 2.24) is 10.2 Å². The first-order valence-electron chi connectivity index (χ1n) is 13.4. The summed E-state index contributed by atoms with van der Waals surface area (Å²) < 4.78 is 0. The monoisotopic (exact) mass is 468 g/mol. The summed E-state index contributed by atoms with van der Waals surface area (Å²) in [6.07, 6.45) is 17.8. The third kappa shape index (κ3) is 17.5. The fraction of sp³-hybridized carbons (Fsp3) is 0.889. The molecule has 0 radical (unpaired) electrons. The maximum atomic E-state index is 13.0. The van der Waals surface area contributed by atoms with Gasteiger partial charge in [-0.15, -0.1) is 0 Å². The van der Waals surface area contributed by atoms with Crippen molar-refractivity contribution in [2.75, 3.05) is 13.6 Å². The van der Waals surface area contributed by atoms with E-state index in [1.165, 1.54) is 82.6 Å². The van der Waals surface area contributed by atoms with Crippen LogP contribution >= 0.6 is 0 Å². The molecule has 0 aliphatic carbocycles. The molecular formula is C27H52N2O4. The van der Waals surface area contributed by atoms with Crippen LogP contribution in [0.2, 0.25) is 0 Å². The number of hydrogen-bond donors (Lipinski definition) is 2. The van der Waals surface area contributed by atoms with Gasteiger partial charge in [0, 0.05) is 19.5 Å². The number of carbonyl (C=O) groups excluding carboxylic acids is 2. The van der Waals surface area contributed by atoms with Crippen molar-refractivity contribution in [2.24, 2.45) is 11.3 Å². The lowest BCUT2D eigenvalue weighted by Gasteiger charge is -2.30. The number of nitrogens with one attached hydrogen (secondary N) is 1. The van der Waals surface area contributed by atoms with Gasteiger partial charge in [0.2, 0.25) is 5.91 Å². The molecule has 0 aromatic rings. The Morgan fingerprint density at radius 2 is 1.21 bits per heavy atom. The summed E-state index contributed by atoms with van der Waals surface area (Å²) in [5.74, 6) is -2.02. The Bertz CT molecular complexity index is 543. The number of carboxylic acids is 1. The number of rotatable bonds is 19. The van der Waals surface area contributed by atoms with Crippen LogP contribution in [0.1, 0.15) is 130 Å². The van der Waals surface area contributed by atoms with E-state index in [0.29, 0.717) is 6.42 Å². The summed E-state index contributed by atoms with van der Waals surface area (Å²) in [7, 11) is 1.49. The van der Waals surface area contributed by atoms with Crippen LogP contribution in [0.5, 0.6) is 0 Å². The number of nitrogens with zero attached hydrogens (tertiary/aromatic N) is 1. The molecule has 3 amide bonds. The summed E-state index contributed by atoms with van der Waals surface area (Å²) in [4.78, 5) is 37.8. The minimum Gasteiger partial charge on any atom is -0.481 e. The molecule has 0 aliphatic rings. The normalized spacial score (nSPS) is 12.4. The zero-order valence-corrected chi connectivity index (χ0v) is 22.2. The van der Waals surface area contributed by atoms with Gasteiger partial charge in [0.05, 0.1) is 6.42 Å². The van der Waals surface area contributed by atoms with E-state index in [1.54, 1.807) is 0 Å². The van der Waals surface area contributed by atoms with Gasteiger partial charge in [0.1, 0.15) is 0 Å². The second kappa shape index (κ2) is 18.8. The van der Waals surface area contributed by atoms with Gasteiger partial charge in [-0.25, -0.2) is 4.79 Å². The number of carbonyl (C=O) groups is 3. The minimum atomic E-state index is -0.994. The molecule has 1 atom stereocenters. The summed E-state index contributed by atoms with van der Waals surface area (Å²) in [5.41, 5.74) is -0.259. The van der Waals surface area contributed by atoms with Gasteiger partial charge >= 0.3 is 12.0 Å².